The van der Waals surface area contributed by atoms with Crippen molar-refractivity contribution in [1.29, 1.82) is 10.5 Å². The van der Waals surface area contributed by atoms with Crippen LogP contribution >= 0.6 is 31.9 Å². The normalized spacial score (nSPS) is 31.8. The first-order valence-electron chi connectivity index (χ1n) is 14.5. The molecule has 2 aliphatic heterocycles. The fourth-order valence-electron chi connectivity index (χ4n) is 7.61. The second kappa shape index (κ2) is 11.7. The number of aromatic nitrogens is 2. The van der Waals surface area contributed by atoms with Gasteiger partial charge in [0.2, 0.25) is 0 Å². The van der Waals surface area contributed by atoms with Crippen LogP contribution in [0.1, 0.15) is 89.7 Å². The zero-order chi connectivity index (χ0) is 29.4. The Morgan fingerprint density at radius 2 is 1.32 bits per heavy atom. The minimum absolute atomic E-state index is 0.0530. The Labute approximate surface area is 259 Å². The zero-order valence-electron chi connectivity index (χ0n) is 23.9. The van der Waals surface area contributed by atoms with Crippen molar-refractivity contribution in [2.45, 2.75) is 107 Å². The average Bonchev–Trinajstić information content (AvgIpc) is 3.42. The van der Waals surface area contributed by atoms with Gasteiger partial charge >= 0.3 is 6.09 Å². The lowest BCUT2D eigenvalue weighted by Crippen LogP contribution is -2.52. The van der Waals surface area contributed by atoms with Crippen LogP contribution in [0.2, 0.25) is 0 Å². The molecular formula is C32H37Br2N5O2. The maximum Gasteiger partial charge on any atom is 0.410 e. The molecule has 4 fully saturated rings. The Bertz CT molecular complexity index is 1350. The summed E-state index contributed by atoms with van der Waals surface area (Å²) in [5.41, 5.74) is 0.669. The molecule has 4 aliphatic rings. The third kappa shape index (κ3) is 6.32. The van der Waals surface area contributed by atoms with E-state index in [1.54, 1.807) is 18.6 Å². The van der Waals surface area contributed by atoms with Crippen LogP contribution in [0, 0.1) is 34.5 Å². The third-order valence-electron chi connectivity index (χ3n) is 9.26. The van der Waals surface area contributed by atoms with Crippen LogP contribution in [0.25, 0.3) is 0 Å². The van der Waals surface area contributed by atoms with Crippen molar-refractivity contribution >= 4 is 38.0 Å². The Kier molecular flexibility index (Phi) is 8.52. The Balaban J connectivity index is 0.000000174. The molecule has 4 bridgehead atoms. The molecule has 4 heterocycles. The number of halogens is 2. The van der Waals surface area contributed by atoms with Crippen molar-refractivity contribution in [1.82, 2.24) is 14.9 Å². The number of nitriles is 2. The lowest BCUT2D eigenvalue weighted by molar-refractivity contribution is 0.00232. The Morgan fingerprint density at radius 1 is 0.854 bits per heavy atom. The van der Waals surface area contributed by atoms with Crippen LogP contribution in [0.4, 0.5) is 4.79 Å². The summed E-state index contributed by atoms with van der Waals surface area (Å²) in [6.45, 7) is 5.64. The van der Waals surface area contributed by atoms with Crippen molar-refractivity contribution < 1.29 is 9.53 Å². The van der Waals surface area contributed by atoms with Crippen molar-refractivity contribution in [2.24, 2.45) is 11.8 Å². The fourth-order valence-corrected chi connectivity index (χ4v) is 8.34. The van der Waals surface area contributed by atoms with Crippen LogP contribution in [0.5, 0.6) is 0 Å². The summed E-state index contributed by atoms with van der Waals surface area (Å²) in [5.74, 6) is 1.51. The molecule has 2 aliphatic carbocycles. The molecule has 6 atom stereocenters. The lowest BCUT2D eigenvalue weighted by Gasteiger charge is -2.43. The minimum atomic E-state index is -0.582. The molecule has 41 heavy (non-hydrogen) atoms. The number of hydrogen-bond donors (Lipinski definition) is 0. The summed E-state index contributed by atoms with van der Waals surface area (Å²) in [6, 6.07) is 9.28. The average molecular weight is 683 g/mol. The first kappa shape index (κ1) is 30.0. The van der Waals surface area contributed by atoms with Gasteiger partial charge in [-0.15, -0.1) is 0 Å². The van der Waals surface area contributed by atoms with E-state index in [1.165, 1.54) is 19.3 Å². The number of carbonyl (C=O) groups excluding carboxylic acids is 1. The highest BCUT2D eigenvalue weighted by molar-refractivity contribution is 9.10. The number of rotatable bonds is 2. The Morgan fingerprint density at radius 3 is 1.73 bits per heavy atom. The quantitative estimate of drug-likeness (QED) is 0.318. The molecule has 0 N–H and O–H groups in total. The maximum absolute atomic E-state index is 12.6. The third-order valence-corrected chi connectivity index (χ3v) is 10.1. The number of ether oxygens (including phenoxy) is 1. The van der Waals surface area contributed by atoms with Gasteiger partial charge in [-0.3, -0.25) is 9.97 Å². The molecule has 1 amide bonds. The largest absolute Gasteiger partial charge is 0.444 e. The van der Waals surface area contributed by atoms with Crippen molar-refractivity contribution in [3.05, 3.63) is 57.0 Å². The van der Waals surface area contributed by atoms with Crippen LogP contribution in [-0.4, -0.2) is 38.6 Å². The van der Waals surface area contributed by atoms with Gasteiger partial charge in [0.1, 0.15) is 5.60 Å². The monoisotopic (exact) mass is 681 g/mol. The van der Waals surface area contributed by atoms with Crippen LogP contribution in [0.3, 0.4) is 0 Å². The second-order valence-corrected chi connectivity index (χ2v) is 15.1. The summed E-state index contributed by atoms with van der Waals surface area (Å²) in [4.78, 5) is 22.9. The van der Waals surface area contributed by atoms with Gasteiger partial charge in [-0.1, -0.05) is 12.8 Å². The molecule has 2 saturated carbocycles. The molecule has 9 heteroatoms. The van der Waals surface area contributed by atoms with E-state index in [0.717, 1.165) is 57.6 Å². The van der Waals surface area contributed by atoms with Crippen LogP contribution in [-0.2, 0) is 15.6 Å². The minimum Gasteiger partial charge on any atom is -0.444 e. The van der Waals surface area contributed by atoms with E-state index in [-0.39, 0.29) is 23.6 Å². The highest BCUT2D eigenvalue weighted by Crippen LogP contribution is 2.52. The summed E-state index contributed by atoms with van der Waals surface area (Å²) in [6.07, 6.45) is 16.0. The smallest absolute Gasteiger partial charge is 0.410 e. The van der Waals surface area contributed by atoms with E-state index in [9.17, 15) is 15.3 Å². The number of hydrogen-bond acceptors (Lipinski definition) is 6. The SMILES string of the molecule is CC(C)(C)OC(=O)N1[C@@H]2CC[C@H]1CC(C#N)(c1cncc(Br)c1)C2.N#CC1(c2cncc(Br)c2)C[C@@H]2CC[C@@H](C2)C1. The summed E-state index contributed by atoms with van der Waals surface area (Å²) in [5, 5.41) is 19.6. The molecule has 216 valence electrons. The van der Waals surface area contributed by atoms with Gasteiger partial charge in [0, 0.05) is 45.8 Å². The highest BCUT2D eigenvalue weighted by atomic mass is 79.9. The van der Waals surface area contributed by atoms with Gasteiger partial charge in [-0.2, -0.15) is 10.5 Å². The molecule has 2 aromatic heterocycles. The number of piperidine rings is 1. The molecule has 7 nitrogen and oxygen atoms in total. The zero-order valence-corrected chi connectivity index (χ0v) is 27.1. The van der Waals surface area contributed by atoms with Gasteiger partial charge in [-0.25, -0.2) is 4.79 Å². The van der Waals surface area contributed by atoms with Crippen LogP contribution < -0.4 is 0 Å². The summed E-state index contributed by atoms with van der Waals surface area (Å²) in [7, 11) is 0. The Hall–Kier alpha value is -2.49. The predicted octanol–water partition coefficient (Wildman–Crippen LogP) is 7.98. The number of amides is 1. The molecule has 0 aromatic carbocycles. The fraction of sp³-hybridized carbons (Fsp3) is 0.594. The number of pyridine rings is 2. The van der Waals surface area contributed by atoms with Gasteiger partial charge in [0.05, 0.1) is 23.0 Å². The molecule has 2 aromatic rings. The second-order valence-electron chi connectivity index (χ2n) is 13.3. The van der Waals surface area contributed by atoms with E-state index in [2.05, 4.69) is 60.0 Å². The van der Waals surface area contributed by atoms with E-state index in [4.69, 9.17) is 4.74 Å². The van der Waals surface area contributed by atoms with Gasteiger partial charge < -0.3 is 9.64 Å². The van der Waals surface area contributed by atoms with Gasteiger partial charge in [-0.05, 0) is 133 Å². The first-order valence-corrected chi connectivity index (χ1v) is 16.1. The van der Waals surface area contributed by atoms with Crippen molar-refractivity contribution in [3.8, 4) is 12.1 Å². The predicted molar refractivity (Wildman–Crippen MR) is 163 cm³/mol. The number of carbonyl (C=O) groups is 1. The number of nitrogens with zero attached hydrogens (tertiary/aromatic N) is 5. The van der Waals surface area contributed by atoms with Crippen molar-refractivity contribution in [3.63, 3.8) is 0 Å². The van der Waals surface area contributed by atoms with Crippen molar-refractivity contribution in [2.75, 3.05) is 0 Å². The molecule has 2 saturated heterocycles. The molecule has 0 radical (unpaired) electrons. The lowest BCUT2D eigenvalue weighted by atomic mass is 9.66. The van der Waals surface area contributed by atoms with Gasteiger partial charge in [0.15, 0.2) is 0 Å². The molecular weight excluding hydrogens is 646 g/mol. The van der Waals surface area contributed by atoms with E-state index in [1.807, 2.05) is 37.9 Å². The van der Waals surface area contributed by atoms with E-state index >= 15 is 0 Å². The summed E-state index contributed by atoms with van der Waals surface area (Å²) < 4.78 is 7.42. The standard InChI is InChI=1S/C18H22BrN3O2.C14H15BrN2/c1-17(2,3)24-16(23)22-14-4-5-15(22)8-18(7-14,11-20)12-6-13(19)10-21-9-12;15-13-4-12(7-17-8-13)14(9-16)5-10-1-2-11(3-10)6-14/h6,9-10,14-15H,4-5,7-8H2,1-3H3;4,7-8,10-11H,1-3,5-6H2/t14-,15+,18?;10-,11+,14?. The number of fused-ring (bicyclic) bond motifs is 4. The molecule has 2 unspecified atom stereocenters. The van der Waals surface area contributed by atoms with Gasteiger partial charge in [0.25, 0.3) is 0 Å². The summed E-state index contributed by atoms with van der Waals surface area (Å²) >= 11 is 6.90. The highest BCUT2D eigenvalue weighted by Gasteiger charge is 2.52. The van der Waals surface area contributed by atoms with E-state index in [0.29, 0.717) is 12.8 Å². The molecule has 0 spiro atoms. The van der Waals surface area contributed by atoms with Crippen LogP contribution in [0.15, 0.2) is 45.9 Å². The van der Waals surface area contributed by atoms with E-state index < -0.39 is 11.0 Å². The molecule has 6 rings (SSSR count). The first-order chi connectivity index (χ1) is 19.5. The maximum atomic E-state index is 12.6. The topological polar surface area (TPSA) is 103 Å².